The summed E-state index contributed by atoms with van der Waals surface area (Å²) < 4.78 is 0. The number of amides is 4. The van der Waals surface area contributed by atoms with Crippen molar-refractivity contribution in [1.82, 2.24) is 0 Å². The molecule has 330 valence electrons. The van der Waals surface area contributed by atoms with Gasteiger partial charge in [0.15, 0.2) is 11.6 Å². The standard InChI is InChI=1S/C44H36Cl6N8O6/c1-5-23-15-29(51-43(63)38(21(3)59)57-55-30-17-25(13-27(45)19-30)41(61)52-34-11-7-9-32(47)36(34)49)16-24(6-2)40(23)54-44(64)39(22(4)60)58-56-31-18-26(14-28(46)20-31)42(62)53-35-12-8-10-33(48)37(35)50/h7-20,38-39H,5-6H2,1-4H3,(H,51,63)(H,52,61)(H,53,62)(H,54,64). The molecule has 14 nitrogen and oxygen atoms in total. The Balaban J connectivity index is 1.31. The molecule has 64 heavy (non-hydrogen) atoms. The van der Waals surface area contributed by atoms with Gasteiger partial charge in [-0.15, -0.1) is 0 Å². The van der Waals surface area contributed by atoms with Gasteiger partial charge in [0.25, 0.3) is 23.6 Å². The number of nitrogens with zero attached hydrogens (tertiary/aromatic N) is 4. The molecule has 0 aromatic heterocycles. The summed E-state index contributed by atoms with van der Waals surface area (Å²) >= 11 is 37.1. The highest BCUT2D eigenvalue weighted by atomic mass is 35.5. The number of anilines is 4. The molecular formula is C44H36Cl6N8O6. The fraction of sp³-hybridized carbons (Fsp3) is 0.182. The Hall–Kier alpha value is -5.74. The van der Waals surface area contributed by atoms with Crippen molar-refractivity contribution in [1.29, 1.82) is 0 Å². The molecule has 5 aromatic rings. The Morgan fingerprint density at radius 2 is 0.938 bits per heavy atom. The summed E-state index contributed by atoms with van der Waals surface area (Å²) in [5.74, 6) is -4.02. The highest BCUT2D eigenvalue weighted by Crippen LogP contribution is 2.33. The number of benzene rings is 5. The molecular weight excluding hydrogens is 949 g/mol. The lowest BCUT2D eigenvalue weighted by atomic mass is 10.0. The monoisotopic (exact) mass is 982 g/mol. The van der Waals surface area contributed by atoms with E-state index in [0.717, 1.165) is 0 Å². The van der Waals surface area contributed by atoms with Crippen LogP contribution >= 0.6 is 69.6 Å². The molecule has 0 bridgehead atoms. The first-order valence-corrected chi connectivity index (χ1v) is 21.4. The molecule has 0 heterocycles. The quantitative estimate of drug-likeness (QED) is 0.0560. The molecule has 0 saturated heterocycles. The zero-order valence-corrected chi connectivity index (χ0v) is 38.7. The molecule has 4 amide bonds. The van der Waals surface area contributed by atoms with Crippen LogP contribution in [0.15, 0.2) is 105 Å². The van der Waals surface area contributed by atoms with Gasteiger partial charge in [-0.3, -0.25) is 28.8 Å². The van der Waals surface area contributed by atoms with Gasteiger partial charge in [0.2, 0.25) is 12.1 Å². The number of nitrogens with one attached hydrogen (secondary N) is 4. The third kappa shape index (κ3) is 12.7. The van der Waals surface area contributed by atoms with E-state index in [9.17, 15) is 28.8 Å². The van der Waals surface area contributed by atoms with E-state index < -0.39 is 47.3 Å². The number of halogens is 6. The van der Waals surface area contributed by atoms with E-state index in [0.29, 0.717) is 35.3 Å². The second kappa shape index (κ2) is 22.2. The zero-order valence-electron chi connectivity index (χ0n) is 34.2. The SMILES string of the molecule is CCc1cc(NC(=O)C(N=Nc2cc(Cl)cc(C(=O)Nc3cccc(Cl)c3Cl)c2)C(C)=O)cc(CC)c1NC(=O)C(N=Nc1cc(Cl)cc(C(=O)Nc2cccc(Cl)c2Cl)c1)C(C)=O. The van der Waals surface area contributed by atoms with E-state index in [1.807, 2.05) is 13.8 Å². The Bertz CT molecular complexity index is 2720. The molecule has 0 fully saturated rings. The molecule has 0 aliphatic rings. The first-order valence-electron chi connectivity index (χ1n) is 19.1. The van der Waals surface area contributed by atoms with Gasteiger partial charge in [0, 0.05) is 32.5 Å². The van der Waals surface area contributed by atoms with E-state index in [1.165, 1.54) is 50.2 Å². The summed E-state index contributed by atoms with van der Waals surface area (Å²) in [5.41, 5.74) is 2.71. The smallest absolute Gasteiger partial charge is 0.258 e. The minimum atomic E-state index is -1.59. The lowest BCUT2D eigenvalue weighted by molar-refractivity contribution is -0.127. The molecule has 0 spiro atoms. The van der Waals surface area contributed by atoms with Crippen LogP contribution in [0.1, 0.15) is 59.5 Å². The fourth-order valence-electron chi connectivity index (χ4n) is 5.96. The van der Waals surface area contributed by atoms with Crippen LogP contribution < -0.4 is 21.3 Å². The van der Waals surface area contributed by atoms with Crippen molar-refractivity contribution in [2.75, 3.05) is 21.3 Å². The lowest BCUT2D eigenvalue weighted by Crippen LogP contribution is -2.33. The summed E-state index contributed by atoms with van der Waals surface area (Å²) in [6, 6.07) is 17.8. The predicted octanol–water partition coefficient (Wildman–Crippen LogP) is 12.6. The maximum absolute atomic E-state index is 13.6. The molecule has 5 rings (SSSR count). The second-order valence-corrected chi connectivity index (χ2v) is 16.3. The maximum atomic E-state index is 13.6. The Labute approximate surface area is 397 Å². The first kappa shape index (κ1) is 49.3. The highest BCUT2D eigenvalue weighted by molar-refractivity contribution is 6.44. The summed E-state index contributed by atoms with van der Waals surface area (Å²) in [4.78, 5) is 78.7. The summed E-state index contributed by atoms with van der Waals surface area (Å²) in [6.45, 7) is 5.99. The number of carbonyl (C=O) groups excluding carboxylic acids is 6. The van der Waals surface area contributed by atoms with Gasteiger partial charge in [0.05, 0.1) is 42.8 Å². The van der Waals surface area contributed by atoms with Crippen molar-refractivity contribution in [2.45, 2.75) is 52.6 Å². The van der Waals surface area contributed by atoms with Crippen LogP contribution in [0, 0.1) is 0 Å². The number of hydrogen-bond acceptors (Lipinski definition) is 10. The lowest BCUT2D eigenvalue weighted by Gasteiger charge is -2.19. The Kier molecular flexibility index (Phi) is 17.1. The third-order valence-electron chi connectivity index (χ3n) is 9.11. The van der Waals surface area contributed by atoms with Crippen LogP contribution in [0.2, 0.25) is 30.1 Å². The number of ketones is 2. The normalized spacial score (nSPS) is 12.2. The molecule has 0 aliphatic carbocycles. The van der Waals surface area contributed by atoms with Gasteiger partial charge in [0.1, 0.15) is 0 Å². The maximum Gasteiger partial charge on any atom is 0.258 e. The van der Waals surface area contributed by atoms with Crippen LogP contribution in [0.3, 0.4) is 0 Å². The third-order valence-corrected chi connectivity index (χ3v) is 11.2. The molecule has 0 radical (unpaired) electrons. The molecule has 2 atom stereocenters. The van der Waals surface area contributed by atoms with E-state index >= 15 is 0 Å². The van der Waals surface area contributed by atoms with Crippen molar-refractivity contribution < 1.29 is 28.8 Å². The number of Topliss-reactive ketones (excluding diaryl/α,β-unsaturated/α-hetero) is 2. The molecule has 0 aliphatic heterocycles. The van der Waals surface area contributed by atoms with Crippen LogP contribution in [0.25, 0.3) is 0 Å². The topological polar surface area (TPSA) is 200 Å². The number of azo groups is 2. The van der Waals surface area contributed by atoms with Gasteiger partial charge >= 0.3 is 0 Å². The van der Waals surface area contributed by atoms with Crippen molar-refractivity contribution in [3.8, 4) is 0 Å². The molecule has 5 aromatic carbocycles. The fourth-order valence-corrected chi connectivity index (χ4v) is 7.12. The summed E-state index contributed by atoms with van der Waals surface area (Å²) in [6.07, 6.45) is 0.743. The van der Waals surface area contributed by atoms with E-state index in [-0.39, 0.29) is 64.0 Å². The van der Waals surface area contributed by atoms with Crippen LogP contribution in [0.4, 0.5) is 34.1 Å². The Morgan fingerprint density at radius 3 is 1.33 bits per heavy atom. The Morgan fingerprint density at radius 1 is 0.531 bits per heavy atom. The molecule has 0 saturated carbocycles. The van der Waals surface area contributed by atoms with Gasteiger partial charge in [-0.1, -0.05) is 95.6 Å². The zero-order chi connectivity index (χ0) is 46.8. The van der Waals surface area contributed by atoms with E-state index in [4.69, 9.17) is 69.6 Å². The summed E-state index contributed by atoms with van der Waals surface area (Å²) in [5, 5.41) is 28.0. The van der Waals surface area contributed by atoms with Gasteiger partial charge in [-0.05, 0) is 111 Å². The van der Waals surface area contributed by atoms with Crippen molar-refractivity contribution in [2.24, 2.45) is 20.5 Å². The van der Waals surface area contributed by atoms with Crippen molar-refractivity contribution in [3.63, 3.8) is 0 Å². The molecule has 20 heteroatoms. The largest absolute Gasteiger partial charge is 0.324 e. The number of hydrogen-bond donors (Lipinski definition) is 4. The second-order valence-electron chi connectivity index (χ2n) is 13.8. The minimum Gasteiger partial charge on any atom is -0.324 e. The number of rotatable bonds is 16. The predicted molar refractivity (Wildman–Crippen MR) is 252 cm³/mol. The van der Waals surface area contributed by atoms with Crippen LogP contribution in [0.5, 0.6) is 0 Å². The highest BCUT2D eigenvalue weighted by Gasteiger charge is 2.27. The molecule has 2 unspecified atom stereocenters. The van der Waals surface area contributed by atoms with E-state index in [2.05, 4.69) is 41.7 Å². The van der Waals surface area contributed by atoms with Crippen LogP contribution in [-0.2, 0) is 32.0 Å². The van der Waals surface area contributed by atoms with Crippen LogP contribution in [-0.4, -0.2) is 47.3 Å². The van der Waals surface area contributed by atoms with Gasteiger partial charge in [-0.2, -0.15) is 20.5 Å². The average molecular weight is 986 g/mol. The van der Waals surface area contributed by atoms with E-state index in [1.54, 1.807) is 48.5 Å². The number of carbonyl (C=O) groups is 6. The van der Waals surface area contributed by atoms with Gasteiger partial charge < -0.3 is 21.3 Å². The van der Waals surface area contributed by atoms with Gasteiger partial charge in [-0.25, -0.2) is 0 Å². The number of aryl methyl sites for hydroxylation is 2. The van der Waals surface area contributed by atoms with Crippen molar-refractivity contribution in [3.05, 3.63) is 137 Å². The first-order chi connectivity index (χ1) is 30.4. The minimum absolute atomic E-state index is 0.0827. The molecule has 4 N–H and O–H groups in total. The average Bonchev–Trinajstić information content (AvgIpc) is 3.23. The summed E-state index contributed by atoms with van der Waals surface area (Å²) in [7, 11) is 0. The van der Waals surface area contributed by atoms with Crippen molar-refractivity contribution >= 4 is 139 Å².